The first kappa shape index (κ1) is 18.7. The van der Waals surface area contributed by atoms with Crippen LogP contribution in [0.25, 0.3) is 11.1 Å². The van der Waals surface area contributed by atoms with E-state index in [4.69, 9.17) is 0 Å². The fraction of sp³-hybridized carbons (Fsp3) is 0.200. The van der Waals surface area contributed by atoms with Crippen LogP contribution in [0.1, 0.15) is 11.1 Å². The Balaban J connectivity index is 0.00000108. The Labute approximate surface area is 146 Å². The topological polar surface area (TPSA) is 3.24 Å². The van der Waals surface area contributed by atoms with Crippen molar-refractivity contribution < 1.29 is 51.0 Å². The molecule has 1 aliphatic carbocycles. The molecule has 2 aromatic rings. The van der Waals surface area contributed by atoms with Crippen molar-refractivity contribution >= 4 is 5.69 Å². The van der Waals surface area contributed by atoms with Gasteiger partial charge in [0.15, 0.2) is 0 Å². The summed E-state index contributed by atoms with van der Waals surface area (Å²) < 4.78 is 0. The van der Waals surface area contributed by atoms with Crippen LogP contribution in [-0.4, -0.2) is 14.1 Å². The van der Waals surface area contributed by atoms with Crippen LogP contribution >= 0.6 is 0 Å². The molecule has 0 aliphatic heterocycles. The molecule has 0 unspecified atom stereocenters. The fourth-order valence-corrected chi connectivity index (χ4v) is 2.45. The predicted molar refractivity (Wildman–Crippen MR) is 67.8 cm³/mol. The SMILES string of the molecule is CN(C)c1cc[c-]c2c1-c1ccccc1C2.[Cl-].[Cl-].[Zr+3]. The quantitative estimate of drug-likeness (QED) is 0.417. The normalized spacial score (nSPS) is 10.2. The molecule has 4 heteroatoms. The van der Waals surface area contributed by atoms with Gasteiger partial charge in [0.25, 0.3) is 0 Å². The first-order chi connectivity index (χ1) is 7.77. The number of fused-ring (bicyclic) bond motifs is 3. The standard InChI is InChI=1S/C15H14N.2ClH.Zr/c1-16(2)14-9-5-7-12-10-11-6-3-4-8-13(11)15(12)14;;;/h3-6,8-9H,10H2,1-2H3;2*1H;/q-1;;;+3/p-2. The van der Waals surface area contributed by atoms with Crippen molar-refractivity contribution in [2.75, 3.05) is 19.0 Å². The fourth-order valence-electron chi connectivity index (χ4n) is 2.45. The molecule has 0 spiro atoms. The van der Waals surface area contributed by atoms with E-state index >= 15 is 0 Å². The van der Waals surface area contributed by atoms with Crippen LogP contribution in [0, 0.1) is 6.07 Å². The molecule has 3 rings (SSSR count). The van der Waals surface area contributed by atoms with Gasteiger partial charge in [-0.15, -0.1) is 17.2 Å². The largest absolute Gasteiger partial charge is 3.00 e. The number of nitrogens with zero attached hydrogens (tertiary/aromatic N) is 1. The first-order valence-electron chi connectivity index (χ1n) is 5.56. The number of anilines is 1. The Bertz CT molecular complexity index is 556. The van der Waals surface area contributed by atoms with E-state index in [0.717, 1.165) is 6.42 Å². The van der Waals surface area contributed by atoms with Crippen LogP contribution < -0.4 is 29.7 Å². The summed E-state index contributed by atoms with van der Waals surface area (Å²) in [4.78, 5) is 2.18. The van der Waals surface area contributed by atoms with Crippen LogP contribution in [0.3, 0.4) is 0 Å². The van der Waals surface area contributed by atoms with Gasteiger partial charge < -0.3 is 29.7 Å². The van der Waals surface area contributed by atoms with Crippen molar-refractivity contribution in [3.63, 3.8) is 0 Å². The third-order valence-electron chi connectivity index (χ3n) is 3.19. The summed E-state index contributed by atoms with van der Waals surface area (Å²) in [6.45, 7) is 0. The summed E-state index contributed by atoms with van der Waals surface area (Å²) in [6, 6.07) is 16.2. The van der Waals surface area contributed by atoms with Gasteiger partial charge in [0.1, 0.15) is 0 Å². The minimum Gasteiger partial charge on any atom is -1.00 e. The maximum absolute atomic E-state index is 3.36. The van der Waals surface area contributed by atoms with E-state index in [1.54, 1.807) is 0 Å². The molecule has 19 heavy (non-hydrogen) atoms. The first-order valence-corrected chi connectivity index (χ1v) is 5.56. The van der Waals surface area contributed by atoms with Crippen LogP contribution in [0.5, 0.6) is 0 Å². The van der Waals surface area contributed by atoms with Gasteiger partial charge in [0.2, 0.25) is 0 Å². The Hall–Kier alpha value is -0.297. The predicted octanol–water partition coefficient (Wildman–Crippen LogP) is -2.87. The zero-order valence-corrected chi connectivity index (χ0v) is 14.8. The molecule has 0 N–H and O–H groups in total. The molecule has 0 saturated heterocycles. The van der Waals surface area contributed by atoms with Crippen LogP contribution in [-0.2, 0) is 32.6 Å². The van der Waals surface area contributed by atoms with Crippen molar-refractivity contribution in [2.45, 2.75) is 6.42 Å². The van der Waals surface area contributed by atoms with Crippen molar-refractivity contribution in [3.8, 4) is 11.1 Å². The van der Waals surface area contributed by atoms with E-state index in [-0.39, 0.29) is 51.0 Å². The van der Waals surface area contributed by atoms with Gasteiger partial charge in [-0.05, 0) is 6.42 Å². The number of halogens is 2. The van der Waals surface area contributed by atoms with Crippen molar-refractivity contribution in [1.82, 2.24) is 0 Å². The Morgan fingerprint density at radius 3 is 2.42 bits per heavy atom. The van der Waals surface area contributed by atoms with Gasteiger partial charge in [-0.2, -0.15) is 12.1 Å². The van der Waals surface area contributed by atoms with Gasteiger partial charge in [-0.1, -0.05) is 41.1 Å². The molecule has 0 atom stereocenters. The molecule has 97 valence electrons. The van der Waals surface area contributed by atoms with Gasteiger partial charge in [0, 0.05) is 14.1 Å². The van der Waals surface area contributed by atoms with Crippen molar-refractivity contribution in [1.29, 1.82) is 0 Å². The summed E-state index contributed by atoms with van der Waals surface area (Å²) in [5.74, 6) is 0. The van der Waals surface area contributed by atoms with Crippen LogP contribution in [0.2, 0.25) is 0 Å². The van der Waals surface area contributed by atoms with Crippen molar-refractivity contribution in [2.24, 2.45) is 0 Å². The molecule has 0 heterocycles. The molecule has 0 saturated carbocycles. The van der Waals surface area contributed by atoms with Gasteiger partial charge in [-0.25, -0.2) is 0 Å². The summed E-state index contributed by atoms with van der Waals surface area (Å²) in [5, 5.41) is 0. The second kappa shape index (κ2) is 7.48. The molecule has 1 aliphatic rings. The molecule has 0 bridgehead atoms. The van der Waals surface area contributed by atoms with Crippen molar-refractivity contribution in [3.05, 3.63) is 53.6 Å². The van der Waals surface area contributed by atoms with Gasteiger partial charge >= 0.3 is 26.2 Å². The number of hydrogen-bond donors (Lipinski definition) is 0. The third kappa shape index (κ3) is 3.24. The molecular formula is C15H14Cl2NZr. The number of hydrogen-bond acceptors (Lipinski definition) is 1. The second-order valence-corrected chi connectivity index (χ2v) is 4.44. The van der Waals surface area contributed by atoms with Gasteiger partial charge in [0.05, 0.1) is 0 Å². The summed E-state index contributed by atoms with van der Waals surface area (Å²) in [7, 11) is 4.19. The zero-order valence-electron chi connectivity index (χ0n) is 10.9. The summed E-state index contributed by atoms with van der Waals surface area (Å²) >= 11 is 0. The van der Waals surface area contributed by atoms with Crippen LogP contribution in [0.15, 0.2) is 36.4 Å². The molecule has 0 amide bonds. The van der Waals surface area contributed by atoms with E-state index in [1.165, 1.54) is 27.9 Å². The Kier molecular flexibility index (Phi) is 7.36. The van der Waals surface area contributed by atoms with Crippen LogP contribution in [0.4, 0.5) is 5.69 Å². The van der Waals surface area contributed by atoms with Gasteiger partial charge in [-0.3, -0.25) is 0 Å². The van der Waals surface area contributed by atoms with E-state index < -0.39 is 0 Å². The second-order valence-electron chi connectivity index (χ2n) is 4.44. The summed E-state index contributed by atoms with van der Waals surface area (Å²) in [6.07, 6.45) is 1.02. The van der Waals surface area contributed by atoms with E-state index in [0.29, 0.717) is 0 Å². The van der Waals surface area contributed by atoms with E-state index in [1.807, 2.05) is 6.07 Å². The molecule has 0 aromatic heterocycles. The average molecular weight is 370 g/mol. The molecule has 0 fully saturated rings. The van der Waals surface area contributed by atoms with E-state index in [9.17, 15) is 0 Å². The summed E-state index contributed by atoms with van der Waals surface area (Å²) in [5.41, 5.74) is 6.77. The number of benzene rings is 2. The minimum absolute atomic E-state index is 0. The average Bonchev–Trinajstić information content (AvgIpc) is 2.66. The molecule has 1 nitrogen and oxygen atoms in total. The smallest absolute Gasteiger partial charge is 1.00 e. The number of rotatable bonds is 1. The molecule has 1 radical (unpaired) electrons. The monoisotopic (exact) mass is 368 g/mol. The maximum Gasteiger partial charge on any atom is 3.00 e. The molecular weight excluding hydrogens is 356 g/mol. The minimum atomic E-state index is 0. The third-order valence-corrected chi connectivity index (χ3v) is 3.19. The zero-order chi connectivity index (χ0) is 11.1. The molecule has 2 aromatic carbocycles. The Morgan fingerprint density at radius 2 is 1.74 bits per heavy atom. The Morgan fingerprint density at radius 1 is 1.05 bits per heavy atom. The maximum atomic E-state index is 3.36. The van der Waals surface area contributed by atoms with E-state index in [2.05, 4.69) is 55.4 Å².